The van der Waals surface area contributed by atoms with E-state index < -0.39 is 17.7 Å². The Kier molecular flexibility index (Phi) is 6.12. The Labute approximate surface area is 125 Å². The first-order valence-electron chi connectivity index (χ1n) is 7.98. The average molecular weight is 297 g/mol. The molecule has 0 aliphatic heterocycles. The van der Waals surface area contributed by atoms with Crippen molar-refractivity contribution in [2.45, 2.75) is 57.6 Å². The molecule has 1 atom stereocenters. The molecule has 0 heterocycles. The molecule has 1 aliphatic carbocycles. The number of halogens is 2. The summed E-state index contributed by atoms with van der Waals surface area (Å²) < 4.78 is 26.4. The summed E-state index contributed by atoms with van der Waals surface area (Å²) >= 11 is 0. The van der Waals surface area contributed by atoms with Crippen LogP contribution in [0.1, 0.15) is 57.1 Å². The summed E-state index contributed by atoms with van der Waals surface area (Å²) in [7, 11) is 0. The Morgan fingerprint density at radius 3 is 2.33 bits per heavy atom. The molecule has 0 saturated heterocycles. The highest BCUT2D eigenvalue weighted by Gasteiger charge is 2.21. The van der Waals surface area contributed by atoms with Crippen LogP contribution >= 0.6 is 0 Å². The van der Waals surface area contributed by atoms with Gasteiger partial charge < -0.3 is 10.0 Å². The number of nitrogens with zero attached hydrogens (tertiary/aromatic N) is 1. The lowest BCUT2D eigenvalue weighted by Crippen LogP contribution is -2.37. The Bertz CT molecular complexity index is 426. The van der Waals surface area contributed by atoms with Crippen molar-refractivity contribution in [2.24, 2.45) is 0 Å². The molecule has 0 amide bonds. The summed E-state index contributed by atoms with van der Waals surface area (Å²) in [4.78, 5) is 2.39. The van der Waals surface area contributed by atoms with Crippen molar-refractivity contribution in [1.29, 1.82) is 0 Å². The first-order chi connectivity index (χ1) is 10.1. The van der Waals surface area contributed by atoms with Crippen molar-refractivity contribution in [3.8, 4) is 0 Å². The standard InChI is InChI=1S/C17H25F2NO/c1-2-20(16-6-4-3-5-7-16)9-8-17(21)13-10-14(18)12-15(19)11-13/h10-12,16-17,21H,2-9H2,1H3. The maximum absolute atomic E-state index is 13.2. The van der Waals surface area contributed by atoms with E-state index in [9.17, 15) is 13.9 Å². The summed E-state index contributed by atoms with van der Waals surface area (Å²) in [6.45, 7) is 3.85. The van der Waals surface area contributed by atoms with Gasteiger partial charge in [0.05, 0.1) is 6.10 Å². The van der Waals surface area contributed by atoms with Crippen LogP contribution in [-0.2, 0) is 0 Å². The first kappa shape index (κ1) is 16.4. The Hall–Kier alpha value is -1.00. The van der Waals surface area contributed by atoms with Crippen molar-refractivity contribution in [3.05, 3.63) is 35.4 Å². The van der Waals surface area contributed by atoms with Gasteiger partial charge in [-0.15, -0.1) is 0 Å². The van der Waals surface area contributed by atoms with Crippen LogP contribution in [0.4, 0.5) is 8.78 Å². The fraction of sp³-hybridized carbons (Fsp3) is 0.647. The van der Waals surface area contributed by atoms with Crippen molar-refractivity contribution < 1.29 is 13.9 Å². The fourth-order valence-corrected chi connectivity index (χ4v) is 3.27. The average Bonchev–Trinajstić information content (AvgIpc) is 2.47. The van der Waals surface area contributed by atoms with E-state index >= 15 is 0 Å². The van der Waals surface area contributed by atoms with E-state index in [0.717, 1.165) is 19.2 Å². The second-order valence-corrected chi connectivity index (χ2v) is 5.93. The van der Waals surface area contributed by atoms with Gasteiger partial charge >= 0.3 is 0 Å². The van der Waals surface area contributed by atoms with Crippen LogP contribution in [0.5, 0.6) is 0 Å². The molecule has 2 rings (SSSR count). The zero-order valence-corrected chi connectivity index (χ0v) is 12.7. The molecule has 0 spiro atoms. The molecule has 4 heteroatoms. The van der Waals surface area contributed by atoms with Gasteiger partial charge in [0.1, 0.15) is 11.6 Å². The van der Waals surface area contributed by atoms with Crippen LogP contribution < -0.4 is 0 Å². The lowest BCUT2D eigenvalue weighted by Gasteiger charge is -2.34. The van der Waals surface area contributed by atoms with Crippen LogP contribution in [0.15, 0.2) is 18.2 Å². The van der Waals surface area contributed by atoms with Crippen molar-refractivity contribution in [2.75, 3.05) is 13.1 Å². The molecule has 2 nitrogen and oxygen atoms in total. The first-order valence-corrected chi connectivity index (χ1v) is 7.98. The van der Waals surface area contributed by atoms with Crippen LogP contribution in [0.3, 0.4) is 0 Å². The second-order valence-electron chi connectivity index (χ2n) is 5.93. The van der Waals surface area contributed by atoms with Gasteiger partial charge in [0, 0.05) is 18.7 Å². The van der Waals surface area contributed by atoms with Crippen LogP contribution in [0.2, 0.25) is 0 Å². The molecule has 1 saturated carbocycles. The zero-order chi connectivity index (χ0) is 15.2. The Balaban J connectivity index is 1.90. The van der Waals surface area contributed by atoms with Crippen LogP contribution in [-0.4, -0.2) is 29.1 Å². The summed E-state index contributed by atoms with van der Waals surface area (Å²) in [5.41, 5.74) is 0.326. The number of hydrogen-bond donors (Lipinski definition) is 1. The van der Waals surface area contributed by atoms with Gasteiger partial charge in [-0.05, 0) is 43.5 Å². The van der Waals surface area contributed by atoms with E-state index in [1.807, 2.05) is 0 Å². The summed E-state index contributed by atoms with van der Waals surface area (Å²) in [5.74, 6) is -1.27. The van der Waals surface area contributed by atoms with Crippen LogP contribution in [0, 0.1) is 11.6 Å². The van der Waals surface area contributed by atoms with Gasteiger partial charge in [0.25, 0.3) is 0 Å². The van der Waals surface area contributed by atoms with Gasteiger partial charge in [-0.25, -0.2) is 8.78 Å². The second kappa shape index (κ2) is 7.85. The molecule has 21 heavy (non-hydrogen) atoms. The molecule has 1 aromatic rings. The van der Waals surface area contributed by atoms with E-state index in [4.69, 9.17) is 0 Å². The molecule has 1 N–H and O–H groups in total. The lowest BCUT2D eigenvalue weighted by molar-refractivity contribution is 0.112. The molecule has 1 unspecified atom stereocenters. The van der Waals surface area contributed by atoms with E-state index in [2.05, 4.69) is 11.8 Å². The lowest BCUT2D eigenvalue weighted by atomic mass is 9.94. The highest BCUT2D eigenvalue weighted by molar-refractivity contribution is 5.20. The number of rotatable bonds is 6. The minimum absolute atomic E-state index is 0.326. The molecule has 0 aromatic heterocycles. The largest absolute Gasteiger partial charge is 0.388 e. The molecule has 0 bridgehead atoms. The summed E-state index contributed by atoms with van der Waals surface area (Å²) in [6, 6.07) is 3.85. The third kappa shape index (κ3) is 4.75. The normalized spacial score (nSPS) is 18.1. The SMILES string of the molecule is CCN(CCC(O)c1cc(F)cc(F)c1)C1CCCCC1. The monoisotopic (exact) mass is 297 g/mol. The molecule has 1 fully saturated rings. The fourth-order valence-electron chi connectivity index (χ4n) is 3.27. The summed E-state index contributed by atoms with van der Waals surface area (Å²) in [5, 5.41) is 10.2. The third-order valence-electron chi connectivity index (χ3n) is 4.46. The molecule has 1 aromatic carbocycles. The van der Waals surface area contributed by atoms with Gasteiger partial charge in [0.2, 0.25) is 0 Å². The van der Waals surface area contributed by atoms with Gasteiger partial charge in [-0.3, -0.25) is 0 Å². The van der Waals surface area contributed by atoms with Crippen LogP contribution in [0.25, 0.3) is 0 Å². The highest BCUT2D eigenvalue weighted by Crippen LogP contribution is 2.25. The minimum Gasteiger partial charge on any atom is -0.388 e. The smallest absolute Gasteiger partial charge is 0.126 e. The minimum atomic E-state index is -0.812. The molecule has 0 radical (unpaired) electrons. The summed E-state index contributed by atoms with van der Waals surface area (Å²) in [6.07, 6.45) is 6.01. The molecular formula is C17H25F2NO. The zero-order valence-electron chi connectivity index (χ0n) is 12.7. The van der Waals surface area contributed by atoms with E-state index in [0.29, 0.717) is 18.0 Å². The van der Waals surface area contributed by atoms with Gasteiger partial charge in [0.15, 0.2) is 0 Å². The predicted molar refractivity (Wildman–Crippen MR) is 80.1 cm³/mol. The van der Waals surface area contributed by atoms with Crippen molar-refractivity contribution in [3.63, 3.8) is 0 Å². The van der Waals surface area contributed by atoms with E-state index in [1.165, 1.54) is 44.2 Å². The number of aliphatic hydroxyl groups is 1. The van der Waals surface area contributed by atoms with Crippen molar-refractivity contribution >= 4 is 0 Å². The maximum Gasteiger partial charge on any atom is 0.126 e. The quantitative estimate of drug-likeness (QED) is 0.856. The van der Waals surface area contributed by atoms with E-state index in [1.54, 1.807) is 0 Å². The van der Waals surface area contributed by atoms with Gasteiger partial charge in [-0.1, -0.05) is 26.2 Å². The highest BCUT2D eigenvalue weighted by atomic mass is 19.1. The van der Waals surface area contributed by atoms with E-state index in [-0.39, 0.29) is 0 Å². The number of aliphatic hydroxyl groups excluding tert-OH is 1. The molecule has 1 aliphatic rings. The van der Waals surface area contributed by atoms with Crippen molar-refractivity contribution in [1.82, 2.24) is 4.90 Å². The molecule has 118 valence electrons. The topological polar surface area (TPSA) is 23.5 Å². The van der Waals surface area contributed by atoms with Gasteiger partial charge in [-0.2, -0.15) is 0 Å². The number of hydrogen-bond acceptors (Lipinski definition) is 2. The number of benzene rings is 1. The predicted octanol–water partition coefficient (Wildman–Crippen LogP) is 4.04. The third-order valence-corrected chi connectivity index (χ3v) is 4.46. The Morgan fingerprint density at radius 2 is 1.76 bits per heavy atom. The molecular weight excluding hydrogens is 272 g/mol. The maximum atomic E-state index is 13.2. The Morgan fingerprint density at radius 1 is 1.14 bits per heavy atom.